The summed E-state index contributed by atoms with van der Waals surface area (Å²) in [5.41, 5.74) is 1.27. The van der Waals surface area contributed by atoms with E-state index in [2.05, 4.69) is 4.98 Å². The van der Waals surface area contributed by atoms with Gasteiger partial charge in [0.2, 0.25) is 0 Å². The lowest BCUT2D eigenvalue weighted by atomic mass is 10.1. The molecule has 3 rings (SSSR count). The van der Waals surface area contributed by atoms with Crippen LogP contribution in [0.25, 0.3) is 10.1 Å². The highest BCUT2D eigenvalue weighted by atomic mass is 32.1. The number of nitrogens with zero attached hydrogens (tertiary/aromatic N) is 2. The molecule has 5 nitrogen and oxygen atoms in total. The van der Waals surface area contributed by atoms with Crippen molar-refractivity contribution in [3.05, 3.63) is 59.1 Å². The van der Waals surface area contributed by atoms with Crippen molar-refractivity contribution in [1.82, 2.24) is 4.98 Å². The van der Waals surface area contributed by atoms with E-state index in [1.54, 1.807) is 29.5 Å². The van der Waals surface area contributed by atoms with Gasteiger partial charge < -0.3 is 4.74 Å². The van der Waals surface area contributed by atoms with E-state index in [1.807, 2.05) is 36.6 Å². The third kappa shape index (κ3) is 3.28. The predicted octanol–water partition coefficient (Wildman–Crippen LogP) is 3.42. The summed E-state index contributed by atoms with van der Waals surface area (Å²) in [6.07, 6.45) is 0. The number of methoxy groups -OCH3 is 1. The van der Waals surface area contributed by atoms with E-state index >= 15 is 0 Å². The second-order valence-electron chi connectivity index (χ2n) is 5.28. The molecule has 0 atom stereocenters. The van der Waals surface area contributed by atoms with Crippen molar-refractivity contribution in [1.29, 1.82) is 0 Å². The van der Waals surface area contributed by atoms with Gasteiger partial charge >= 0.3 is 5.97 Å². The Labute approximate surface area is 143 Å². The van der Waals surface area contributed by atoms with Crippen molar-refractivity contribution in [3.8, 4) is 0 Å². The Morgan fingerprint density at radius 2 is 2.04 bits per heavy atom. The van der Waals surface area contributed by atoms with Gasteiger partial charge in [-0.3, -0.25) is 14.5 Å². The summed E-state index contributed by atoms with van der Waals surface area (Å²) < 4.78 is 5.83. The summed E-state index contributed by atoms with van der Waals surface area (Å²) in [6, 6.07) is 12.8. The van der Waals surface area contributed by atoms with Crippen LogP contribution in [0.2, 0.25) is 0 Å². The highest BCUT2D eigenvalue weighted by Gasteiger charge is 2.22. The van der Waals surface area contributed by atoms with Gasteiger partial charge in [0.15, 0.2) is 0 Å². The molecule has 0 aliphatic carbocycles. The van der Waals surface area contributed by atoms with Gasteiger partial charge in [-0.1, -0.05) is 6.07 Å². The largest absolute Gasteiger partial charge is 0.468 e. The van der Waals surface area contributed by atoms with Crippen LogP contribution >= 0.6 is 11.3 Å². The number of carbonyl (C=O) groups excluding carboxylic acids is 2. The van der Waals surface area contributed by atoms with E-state index in [-0.39, 0.29) is 12.5 Å². The first-order chi connectivity index (χ1) is 11.6. The van der Waals surface area contributed by atoms with Crippen LogP contribution in [-0.4, -0.2) is 30.5 Å². The number of aryl methyl sites for hydroxylation is 1. The molecule has 1 amide bonds. The number of fused-ring (bicyclic) bond motifs is 1. The molecule has 0 fully saturated rings. The second-order valence-corrected chi connectivity index (χ2v) is 6.23. The molecule has 0 radical (unpaired) electrons. The number of anilines is 1. The molecular weight excluding hydrogens is 324 g/mol. The number of carbonyl (C=O) groups is 2. The van der Waals surface area contributed by atoms with Gasteiger partial charge in [-0.2, -0.15) is 0 Å². The van der Waals surface area contributed by atoms with Crippen molar-refractivity contribution >= 4 is 39.1 Å². The number of benzene rings is 1. The molecule has 0 saturated carbocycles. The highest BCUT2D eigenvalue weighted by Crippen LogP contribution is 2.23. The Kier molecular flexibility index (Phi) is 4.57. The summed E-state index contributed by atoms with van der Waals surface area (Å²) in [5.74, 6) is -0.356. The molecule has 0 aliphatic heterocycles. The zero-order valence-corrected chi connectivity index (χ0v) is 14.2. The quantitative estimate of drug-likeness (QED) is 0.683. The SMILES string of the molecule is COC(=O)CN(C(=O)c1ccc2sccc2c1)c1cccc(C)n1. The van der Waals surface area contributed by atoms with Crippen molar-refractivity contribution in [2.24, 2.45) is 0 Å². The van der Waals surface area contributed by atoms with Crippen LogP contribution in [0.3, 0.4) is 0 Å². The Morgan fingerprint density at radius 3 is 2.79 bits per heavy atom. The van der Waals surface area contributed by atoms with Crippen LogP contribution in [0.15, 0.2) is 47.8 Å². The fraction of sp³-hybridized carbons (Fsp3) is 0.167. The monoisotopic (exact) mass is 340 g/mol. The molecule has 0 saturated heterocycles. The molecule has 3 aromatic rings. The van der Waals surface area contributed by atoms with Gasteiger partial charge in [-0.25, -0.2) is 4.98 Å². The van der Waals surface area contributed by atoms with E-state index in [0.717, 1.165) is 15.8 Å². The van der Waals surface area contributed by atoms with E-state index in [0.29, 0.717) is 11.4 Å². The third-order valence-electron chi connectivity index (χ3n) is 3.61. The van der Waals surface area contributed by atoms with Gasteiger partial charge in [0.1, 0.15) is 12.4 Å². The average molecular weight is 340 g/mol. The highest BCUT2D eigenvalue weighted by molar-refractivity contribution is 7.17. The molecule has 0 spiro atoms. The zero-order chi connectivity index (χ0) is 17.1. The number of pyridine rings is 1. The molecule has 24 heavy (non-hydrogen) atoms. The van der Waals surface area contributed by atoms with Crippen LogP contribution in [0, 0.1) is 6.92 Å². The van der Waals surface area contributed by atoms with Gasteiger partial charge in [-0.15, -0.1) is 11.3 Å². The number of hydrogen-bond donors (Lipinski definition) is 0. The summed E-state index contributed by atoms with van der Waals surface area (Å²) in [7, 11) is 1.30. The lowest BCUT2D eigenvalue weighted by molar-refractivity contribution is -0.138. The van der Waals surface area contributed by atoms with E-state index in [1.165, 1.54) is 12.0 Å². The standard InChI is InChI=1S/C18H16N2O3S/c1-12-4-3-5-16(19-12)20(11-17(21)23-2)18(22)14-6-7-15-13(10-14)8-9-24-15/h3-10H,11H2,1-2H3. The lowest BCUT2D eigenvalue weighted by Crippen LogP contribution is -2.37. The smallest absolute Gasteiger partial charge is 0.325 e. The van der Waals surface area contributed by atoms with Crippen LogP contribution in [0.1, 0.15) is 16.1 Å². The molecule has 0 unspecified atom stereocenters. The average Bonchev–Trinajstić information content (AvgIpc) is 3.06. The van der Waals surface area contributed by atoms with Crippen LogP contribution in [0.5, 0.6) is 0 Å². The number of rotatable bonds is 4. The van der Waals surface area contributed by atoms with Gasteiger partial charge in [0, 0.05) is 16.0 Å². The molecule has 1 aromatic carbocycles. The molecule has 2 aromatic heterocycles. The lowest BCUT2D eigenvalue weighted by Gasteiger charge is -2.21. The summed E-state index contributed by atoms with van der Waals surface area (Å²) in [6.45, 7) is 1.65. The van der Waals surface area contributed by atoms with Crippen LogP contribution in [-0.2, 0) is 9.53 Å². The Hall–Kier alpha value is -2.73. The van der Waals surface area contributed by atoms with E-state index < -0.39 is 5.97 Å². The summed E-state index contributed by atoms with van der Waals surface area (Å²) in [5, 5.41) is 2.98. The van der Waals surface area contributed by atoms with Crippen molar-refractivity contribution in [3.63, 3.8) is 0 Å². The zero-order valence-electron chi connectivity index (χ0n) is 13.4. The normalized spacial score (nSPS) is 10.6. The molecule has 0 aliphatic rings. The first-order valence-electron chi connectivity index (χ1n) is 7.38. The number of hydrogen-bond acceptors (Lipinski definition) is 5. The predicted molar refractivity (Wildman–Crippen MR) is 94.5 cm³/mol. The first-order valence-corrected chi connectivity index (χ1v) is 8.26. The maximum atomic E-state index is 13.0. The minimum atomic E-state index is -0.497. The number of esters is 1. The third-order valence-corrected chi connectivity index (χ3v) is 4.51. The van der Waals surface area contributed by atoms with Crippen LogP contribution in [0.4, 0.5) is 5.82 Å². The minimum Gasteiger partial charge on any atom is -0.468 e. The van der Waals surface area contributed by atoms with Crippen molar-refractivity contribution in [2.45, 2.75) is 6.92 Å². The summed E-state index contributed by atoms with van der Waals surface area (Å²) in [4.78, 5) is 30.4. The Bertz CT molecular complexity index is 904. The van der Waals surface area contributed by atoms with Gasteiger partial charge in [0.25, 0.3) is 5.91 Å². The number of aromatic nitrogens is 1. The summed E-state index contributed by atoms with van der Waals surface area (Å²) >= 11 is 1.62. The fourth-order valence-corrected chi connectivity index (χ4v) is 3.16. The number of amides is 1. The Balaban J connectivity index is 1.99. The molecule has 6 heteroatoms. The maximum Gasteiger partial charge on any atom is 0.325 e. The van der Waals surface area contributed by atoms with Gasteiger partial charge in [-0.05, 0) is 54.1 Å². The van der Waals surface area contributed by atoms with Crippen molar-refractivity contribution in [2.75, 3.05) is 18.6 Å². The van der Waals surface area contributed by atoms with Crippen LogP contribution < -0.4 is 4.90 Å². The molecule has 0 N–H and O–H groups in total. The topological polar surface area (TPSA) is 59.5 Å². The number of thiophene rings is 1. The van der Waals surface area contributed by atoms with E-state index in [9.17, 15) is 9.59 Å². The second kappa shape index (κ2) is 6.80. The fourth-order valence-electron chi connectivity index (χ4n) is 2.39. The Morgan fingerprint density at radius 1 is 1.21 bits per heavy atom. The molecular formula is C18H16N2O3S. The van der Waals surface area contributed by atoms with E-state index in [4.69, 9.17) is 4.74 Å². The number of ether oxygens (including phenoxy) is 1. The minimum absolute atomic E-state index is 0.187. The molecule has 122 valence electrons. The van der Waals surface area contributed by atoms with Crippen molar-refractivity contribution < 1.29 is 14.3 Å². The molecule has 2 heterocycles. The first kappa shape index (κ1) is 16.1. The maximum absolute atomic E-state index is 13.0. The molecule has 0 bridgehead atoms. The van der Waals surface area contributed by atoms with Gasteiger partial charge in [0.05, 0.1) is 7.11 Å².